The summed E-state index contributed by atoms with van der Waals surface area (Å²) in [6.07, 6.45) is 0. The van der Waals surface area contributed by atoms with Crippen LogP contribution in [0.15, 0.2) is 60.7 Å². The van der Waals surface area contributed by atoms with Gasteiger partial charge in [-0.25, -0.2) is 0 Å². The lowest BCUT2D eigenvalue weighted by molar-refractivity contribution is -0.123. The minimum Gasteiger partial charge on any atom is -0.484 e. The number of hydrogen-bond donors (Lipinski definition) is 1. The van der Waals surface area contributed by atoms with Crippen LogP contribution >= 0.6 is 0 Å². The molecule has 25 heavy (non-hydrogen) atoms. The van der Waals surface area contributed by atoms with Crippen molar-refractivity contribution >= 4 is 16.7 Å². The first-order chi connectivity index (χ1) is 12.0. The predicted molar refractivity (Wildman–Crippen MR) is 102 cm³/mol. The molecule has 3 heteroatoms. The second-order valence-electron chi connectivity index (χ2n) is 6.43. The lowest BCUT2D eigenvalue weighted by Gasteiger charge is -2.16. The van der Waals surface area contributed by atoms with Gasteiger partial charge >= 0.3 is 0 Å². The zero-order valence-corrected chi connectivity index (χ0v) is 14.9. The van der Waals surface area contributed by atoms with Crippen LogP contribution in [0.1, 0.15) is 29.7 Å². The zero-order valence-electron chi connectivity index (χ0n) is 14.9. The van der Waals surface area contributed by atoms with Gasteiger partial charge in [-0.3, -0.25) is 4.79 Å². The lowest BCUT2D eigenvalue weighted by atomic mass is 10.0. The van der Waals surface area contributed by atoms with E-state index in [0.717, 1.165) is 16.3 Å². The number of aryl methyl sites for hydroxylation is 2. The fourth-order valence-corrected chi connectivity index (χ4v) is 2.81. The smallest absolute Gasteiger partial charge is 0.258 e. The number of amides is 1. The van der Waals surface area contributed by atoms with Crippen molar-refractivity contribution in [3.63, 3.8) is 0 Å². The van der Waals surface area contributed by atoms with E-state index in [1.807, 2.05) is 43.3 Å². The van der Waals surface area contributed by atoms with Crippen molar-refractivity contribution in [3.05, 3.63) is 77.4 Å². The Labute approximate surface area is 148 Å². The summed E-state index contributed by atoms with van der Waals surface area (Å²) in [7, 11) is 0. The van der Waals surface area contributed by atoms with Crippen molar-refractivity contribution in [2.75, 3.05) is 6.61 Å². The maximum Gasteiger partial charge on any atom is 0.258 e. The average Bonchev–Trinajstić information content (AvgIpc) is 2.62. The molecule has 0 aromatic heterocycles. The Morgan fingerprint density at radius 3 is 2.48 bits per heavy atom. The topological polar surface area (TPSA) is 38.3 Å². The number of rotatable bonds is 5. The van der Waals surface area contributed by atoms with Gasteiger partial charge in [0.2, 0.25) is 0 Å². The van der Waals surface area contributed by atoms with Gasteiger partial charge < -0.3 is 10.1 Å². The van der Waals surface area contributed by atoms with Crippen molar-refractivity contribution < 1.29 is 9.53 Å². The summed E-state index contributed by atoms with van der Waals surface area (Å²) in [4.78, 5) is 12.2. The minimum absolute atomic E-state index is 0.00746. The first-order valence-electron chi connectivity index (χ1n) is 8.51. The molecule has 3 aromatic rings. The summed E-state index contributed by atoms with van der Waals surface area (Å²) in [5, 5.41) is 5.24. The van der Waals surface area contributed by atoms with Crippen LogP contribution in [0.4, 0.5) is 0 Å². The largest absolute Gasteiger partial charge is 0.484 e. The van der Waals surface area contributed by atoms with E-state index in [4.69, 9.17) is 4.74 Å². The molecule has 1 atom stereocenters. The molecular formula is C22H23NO2. The van der Waals surface area contributed by atoms with Crippen LogP contribution in [0.3, 0.4) is 0 Å². The van der Waals surface area contributed by atoms with E-state index in [1.165, 1.54) is 11.1 Å². The molecule has 3 nitrogen and oxygen atoms in total. The van der Waals surface area contributed by atoms with Crippen molar-refractivity contribution in [2.45, 2.75) is 26.8 Å². The lowest BCUT2D eigenvalue weighted by Crippen LogP contribution is -2.31. The van der Waals surface area contributed by atoms with Gasteiger partial charge in [0.15, 0.2) is 6.61 Å². The van der Waals surface area contributed by atoms with Gasteiger partial charge in [0.25, 0.3) is 5.91 Å². The summed E-state index contributed by atoms with van der Waals surface area (Å²) in [6, 6.07) is 20.1. The van der Waals surface area contributed by atoms with Gasteiger partial charge in [0.05, 0.1) is 6.04 Å². The van der Waals surface area contributed by atoms with Gasteiger partial charge in [-0.1, -0.05) is 48.5 Å². The monoisotopic (exact) mass is 333 g/mol. The molecule has 3 rings (SSSR count). The number of carbonyl (C=O) groups is 1. The number of benzene rings is 3. The maximum absolute atomic E-state index is 12.2. The quantitative estimate of drug-likeness (QED) is 0.734. The Bertz CT molecular complexity index is 901. The highest BCUT2D eigenvalue weighted by Gasteiger charge is 2.11. The third-order valence-corrected chi connectivity index (χ3v) is 4.50. The summed E-state index contributed by atoms with van der Waals surface area (Å²) in [5.41, 5.74) is 3.58. The second kappa shape index (κ2) is 7.39. The first kappa shape index (κ1) is 17.0. The number of hydrogen-bond acceptors (Lipinski definition) is 2. The van der Waals surface area contributed by atoms with Crippen LogP contribution in [-0.2, 0) is 4.79 Å². The maximum atomic E-state index is 12.2. The fraction of sp³-hybridized carbons (Fsp3) is 0.227. The van der Waals surface area contributed by atoms with Crippen molar-refractivity contribution in [1.29, 1.82) is 0 Å². The van der Waals surface area contributed by atoms with Gasteiger partial charge in [-0.05, 0) is 60.4 Å². The van der Waals surface area contributed by atoms with Crippen LogP contribution in [-0.4, -0.2) is 12.5 Å². The van der Waals surface area contributed by atoms with E-state index in [-0.39, 0.29) is 18.6 Å². The Morgan fingerprint density at radius 2 is 1.72 bits per heavy atom. The van der Waals surface area contributed by atoms with E-state index in [0.29, 0.717) is 5.75 Å². The minimum atomic E-state index is -0.126. The highest BCUT2D eigenvalue weighted by atomic mass is 16.5. The number of nitrogens with one attached hydrogen (secondary N) is 1. The standard InChI is InChI=1S/C22H23NO2/c1-15-8-9-19(12-16(15)2)17(3)23-22(24)14-25-21-11-10-18-6-4-5-7-20(18)13-21/h4-13,17H,14H2,1-3H3,(H,23,24). The third kappa shape index (κ3) is 4.18. The highest BCUT2D eigenvalue weighted by Crippen LogP contribution is 2.21. The third-order valence-electron chi connectivity index (χ3n) is 4.50. The summed E-state index contributed by atoms with van der Waals surface area (Å²) >= 11 is 0. The molecular weight excluding hydrogens is 310 g/mol. The Morgan fingerprint density at radius 1 is 0.960 bits per heavy atom. The van der Waals surface area contributed by atoms with Crippen LogP contribution in [0.2, 0.25) is 0 Å². The zero-order chi connectivity index (χ0) is 17.8. The second-order valence-corrected chi connectivity index (χ2v) is 6.43. The van der Waals surface area contributed by atoms with E-state index in [1.54, 1.807) is 0 Å². The molecule has 1 amide bonds. The number of ether oxygens (including phenoxy) is 1. The predicted octanol–water partition coefficient (Wildman–Crippen LogP) is 4.71. The summed E-state index contributed by atoms with van der Waals surface area (Å²) in [5.74, 6) is 0.576. The highest BCUT2D eigenvalue weighted by molar-refractivity contribution is 5.84. The van der Waals surface area contributed by atoms with Crippen LogP contribution in [0.25, 0.3) is 10.8 Å². The molecule has 0 saturated carbocycles. The van der Waals surface area contributed by atoms with Crippen LogP contribution in [0.5, 0.6) is 5.75 Å². The van der Waals surface area contributed by atoms with E-state index in [2.05, 4.69) is 43.4 Å². The SMILES string of the molecule is Cc1ccc(C(C)NC(=O)COc2ccc3ccccc3c2)cc1C. The van der Waals surface area contributed by atoms with Crippen LogP contribution in [0, 0.1) is 13.8 Å². The Kier molecular flexibility index (Phi) is 5.03. The molecule has 0 fully saturated rings. The molecule has 3 aromatic carbocycles. The average molecular weight is 333 g/mol. The van der Waals surface area contributed by atoms with Gasteiger partial charge in [-0.2, -0.15) is 0 Å². The molecule has 0 saturated heterocycles. The summed E-state index contributed by atoms with van der Waals surface area (Å²) in [6.45, 7) is 6.15. The molecule has 128 valence electrons. The van der Waals surface area contributed by atoms with Crippen molar-refractivity contribution in [3.8, 4) is 5.75 Å². The van der Waals surface area contributed by atoms with Gasteiger partial charge in [0.1, 0.15) is 5.75 Å². The van der Waals surface area contributed by atoms with Gasteiger partial charge in [0, 0.05) is 0 Å². The molecule has 0 aliphatic rings. The van der Waals surface area contributed by atoms with Crippen molar-refractivity contribution in [2.24, 2.45) is 0 Å². The van der Waals surface area contributed by atoms with E-state index >= 15 is 0 Å². The fourth-order valence-electron chi connectivity index (χ4n) is 2.81. The van der Waals surface area contributed by atoms with Crippen molar-refractivity contribution in [1.82, 2.24) is 5.32 Å². The Hall–Kier alpha value is -2.81. The molecule has 0 heterocycles. The molecule has 1 unspecified atom stereocenters. The molecule has 0 aliphatic carbocycles. The molecule has 0 spiro atoms. The molecule has 0 aliphatic heterocycles. The van der Waals surface area contributed by atoms with Crippen LogP contribution < -0.4 is 10.1 Å². The number of carbonyl (C=O) groups excluding carboxylic acids is 1. The first-order valence-corrected chi connectivity index (χ1v) is 8.51. The van der Waals surface area contributed by atoms with E-state index < -0.39 is 0 Å². The molecule has 0 radical (unpaired) electrons. The Balaban J connectivity index is 1.58. The summed E-state index contributed by atoms with van der Waals surface area (Å²) < 4.78 is 5.64. The molecule has 0 bridgehead atoms. The van der Waals surface area contributed by atoms with Gasteiger partial charge in [-0.15, -0.1) is 0 Å². The number of fused-ring (bicyclic) bond motifs is 1. The van der Waals surface area contributed by atoms with E-state index in [9.17, 15) is 4.79 Å². The normalized spacial score (nSPS) is 12.0. The molecule has 1 N–H and O–H groups in total.